The molecule has 0 radical (unpaired) electrons. The lowest BCUT2D eigenvalue weighted by Gasteiger charge is -2.29. The highest BCUT2D eigenvalue weighted by Crippen LogP contribution is 2.38. The smallest absolute Gasteiger partial charge is 0.144 e. The van der Waals surface area contributed by atoms with Gasteiger partial charge in [0, 0.05) is 0 Å². The summed E-state index contributed by atoms with van der Waals surface area (Å²) in [5.74, 6) is 1.05. The fraction of sp³-hybridized carbons (Fsp3) is 0.654. The van der Waals surface area contributed by atoms with Crippen molar-refractivity contribution >= 4 is 0 Å². The quantitative estimate of drug-likeness (QED) is 0.336. The zero-order valence-electron chi connectivity index (χ0n) is 17.8. The average Bonchev–Trinajstić information content (AvgIpc) is 2.73. The molecule has 0 bridgehead atoms. The van der Waals surface area contributed by atoms with Crippen LogP contribution in [0.1, 0.15) is 101 Å². The van der Waals surface area contributed by atoms with Gasteiger partial charge in [0.05, 0.1) is 0 Å². The van der Waals surface area contributed by atoms with Crippen molar-refractivity contribution in [2.24, 2.45) is 17.8 Å². The van der Waals surface area contributed by atoms with Gasteiger partial charge in [0.1, 0.15) is 23.3 Å². The van der Waals surface area contributed by atoms with Crippen LogP contribution in [0.5, 0.6) is 0 Å². The van der Waals surface area contributed by atoms with E-state index in [1.807, 2.05) is 0 Å². The molecule has 1 aromatic carbocycles. The summed E-state index contributed by atoms with van der Waals surface area (Å²) in [5, 5.41) is 8.83. The molecule has 3 heteroatoms. The molecule has 3 rings (SSSR count). The maximum absolute atomic E-state index is 13.9. The van der Waals surface area contributed by atoms with Crippen molar-refractivity contribution in [3.05, 3.63) is 47.0 Å². The molecular formula is C26H35F2N. The Balaban J connectivity index is 1.43. The third-order valence-electron chi connectivity index (χ3n) is 7.18. The van der Waals surface area contributed by atoms with E-state index in [2.05, 4.69) is 19.1 Å². The Hall–Kier alpha value is -1.69. The molecule has 1 nitrogen and oxygen atoms in total. The molecule has 2 aliphatic rings. The van der Waals surface area contributed by atoms with Crippen LogP contribution in [-0.2, 0) is 0 Å². The van der Waals surface area contributed by atoms with Gasteiger partial charge >= 0.3 is 0 Å². The number of nitrogens with zero attached hydrogens (tertiary/aromatic N) is 1. The fourth-order valence-corrected chi connectivity index (χ4v) is 5.25. The van der Waals surface area contributed by atoms with Gasteiger partial charge < -0.3 is 0 Å². The lowest BCUT2D eigenvalue weighted by atomic mass is 9.76. The first-order chi connectivity index (χ1) is 14.1. The second-order valence-corrected chi connectivity index (χ2v) is 9.24. The Morgan fingerprint density at radius 1 is 0.897 bits per heavy atom. The molecule has 0 spiro atoms. The van der Waals surface area contributed by atoms with E-state index in [4.69, 9.17) is 5.26 Å². The Labute approximate surface area is 175 Å². The van der Waals surface area contributed by atoms with Crippen LogP contribution in [0.3, 0.4) is 0 Å². The van der Waals surface area contributed by atoms with Gasteiger partial charge in [-0.25, -0.2) is 8.78 Å². The second kappa shape index (κ2) is 10.9. The van der Waals surface area contributed by atoms with Gasteiger partial charge in [0.15, 0.2) is 0 Å². The maximum atomic E-state index is 13.9. The summed E-state index contributed by atoms with van der Waals surface area (Å²) in [6.45, 7) is 2.27. The van der Waals surface area contributed by atoms with Gasteiger partial charge in [-0.15, -0.1) is 0 Å². The fourth-order valence-electron chi connectivity index (χ4n) is 5.25. The largest absolute Gasteiger partial charge is 0.205 e. The number of halogens is 2. The Morgan fingerprint density at radius 3 is 1.97 bits per heavy atom. The topological polar surface area (TPSA) is 23.8 Å². The number of nitriles is 1. The van der Waals surface area contributed by atoms with Crippen molar-refractivity contribution in [1.29, 1.82) is 5.26 Å². The minimum Gasteiger partial charge on any atom is -0.205 e. The first-order valence-electron chi connectivity index (χ1n) is 11.7. The molecule has 0 amide bonds. The Morgan fingerprint density at radius 2 is 1.45 bits per heavy atom. The molecule has 0 heterocycles. The van der Waals surface area contributed by atoms with Gasteiger partial charge in [-0.1, -0.05) is 44.8 Å². The van der Waals surface area contributed by atoms with Crippen LogP contribution in [0.25, 0.3) is 0 Å². The molecule has 0 aliphatic heterocycles. The summed E-state index contributed by atoms with van der Waals surface area (Å²) in [4.78, 5) is 0. The first-order valence-corrected chi connectivity index (χ1v) is 11.7. The van der Waals surface area contributed by atoms with Crippen molar-refractivity contribution in [1.82, 2.24) is 0 Å². The minimum atomic E-state index is -0.727. The molecule has 0 unspecified atom stereocenters. The van der Waals surface area contributed by atoms with E-state index < -0.39 is 17.2 Å². The van der Waals surface area contributed by atoms with Gasteiger partial charge in [-0.3, -0.25) is 0 Å². The van der Waals surface area contributed by atoms with Gasteiger partial charge in [-0.05, 0) is 92.7 Å². The second-order valence-electron chi connectivity index (χ2n) is 9.24. The molecule has 0 saturated heterocycles. The Bertz CT molecular complexity index is 694. The zero-order valence-corrected chi connectivity index (χ0v) is 17.8. The van der Waals surface area contributed by atoms with Crippen LogP contribution >= 0.6 is 0 Å². The standard InChI is InChI=1S/C26H35F2N/c1-2-3-4-5-19-6-8-20(9-7-19)10-11-21-12-14-22(15-13-21)23-16-25(27)24(18-29)26(28)17-23/h10-11,16-17,19-22H,2-9,12-15H2,1H3. The molecule has 0 atom stereocenters. The van der Waals surface area contributed by atoms with E-state index in [-0.39, 0.29) is 5.92 Å². The molecule has 158 valence electrons. The monoisotopic (exact) mass is 399 g/mol. The zero-order chi connectivity index (χ0) is 20.6. The van der Waals surface area contributed by atoms with Crippen LogP contribution < -0.4 is 0 Å². The average molecular weight is 400 g/mol. The van der Waals surface area contributed by atoms with E-state index >= 15 is 0 Å². The first kappa shape index (κ1) is 22.0. The van der Waals surface area contributed by atoms with Gasteiger partial charge in [0.2, 0.25) is 0 Å². The summed E-state index contributed by atoms with van der Waals surface area (Å²) in [6.07, 6.45) is 20.0. The molecule has 0 aromatic heterocycles. The molecule has 29 heavy (non-hydrogen) atoms. The van der Waals surface area contributed by atoms with Crippen molar-refractivity contribution in [2.75, 3.05) is 0 Å². The SMILES string of the molecule is CCCCCC1CCC(C=CC2CCC(c3cc(F)c(C#N)c(F)c3)CC2)CC1. The summed E-state index contributed by atoms with van der Waals surface area (Å²) in [5.41, 5.74) is 0.244. The number of allylic oxidation sites excluding steroid dienone is 2. The van der Waals surface area contributed by atoms with Crippen LogP contribution in [0, 0.1) is 40.7 Å². The van der Waals surface area contributed by atoms with E-state index in [0.717, 1.165) is 37.5 Å². The number of unbranched alkanes of at least 4 members (excludes halogenated alkanes) is 2. The molecular weight excluding hydrogens is 364 g/mol. The van der Waals surface area contributed by atoms with Gasteiger partial charge in [-0.2, -0.15) is 5.26 Å². The summed E-state index contributed by atoms with van der Waals surface area (Å²) < 4.78 is 27.8. The summed E-state index contributed by atoms with van der Waals surface area (Å²) in [6, 6.07) is 4.33. The summed E-state index contributed by atoms with van der Waals surface area (Å²) in [7, 11) is 0. The highest BCUT2D eigenvalue weighted by Gasteiger charge is 2.24. The third-order valence-corrected chi connectivity index (χ3v) is 7.18. The highest BCUT2D eigenvalue weighted by molar-refractivity contribution is 5.36. The van der Waals surface area contributed by atoms with E-state index in [1.54, 1.807) is 6.07 Å². The predicted molar refractivity (Wildman–Crippen MR) is 115 cm³/mol. The lowest BCUT2D eigenvalue weighted by Crippen LogP contribution is -2.15. The van der Waals surface area contributed by atoms with Crippen LogP contribution in [0.15, 0.2) is 24.3 Å². The predicted octanol–water partition coefficient (Wildman–Crippen LogP) is 8.05. The third kappa shape index (κ3) is 6.14. The van der Waals surface area contributed by atoms with Crippen molar-refractivity contribution in [3.63, 3.8) is 0 Å². The van der Waals surface area contributed by atoms with Crippen LogP contribution in [-0.4, -0.2) is 0 Å². The van der Waals surface area contributed by atoms with E-state index in [1.165, 1.54) is 63.5 Å². The number of hydrogen-bond acceptors (Lipinski definition) is 1. The Kier molecular flexibility index (Phi) is 8.28. The van der Waals surface area contributed by atoms with Crippen molar-refractivity contribution in [2.45, 2.75) is 89.9 Å². The van der Waals surface area contributed by atoms with Gasteiger partial charge in [0.25, 0.3) is 0 Å². The van der Waals surface area contributed by atoms with E-state index in [0.29, 0.717) is 11.5 Å². The molecule has 0 N–H and O–H groups in total. The number of rotatable bonds is 7. The lowest BCUT2D eigenvalue weighted by molar-refractivity contribution is 0.288. The number of hydrogen-bond donors (Lipinski definition) is 0. The van der Waals surface area contributed by atoms with Crippen LogP contribution in [0.2, 0.25) is 0 Å². The molecule has 2 saturated carbocycles. The molecule has 2 fully saturated rings. The van der Waals surface area contributed by atoms with Crippen molar-refractivity contribution in [3.8, 4) is 6.07 Å². The van der Waals surface area contributed by atoms with Crippen LogP contribution in [0.4, 0.5) is 8.78 Å². The maximum Gasteiger partial charge on any atom is 0.144 e. The highest BCUT2D eigenvalue weighted by atomic mass is 19.1. The minimum absolute atomic E-state index is 0.204. The van der Waals surface area contributed by atoms with E-state index in [9.17, 15) is 8.78 Å². The molecule has 2 aliphatic carbocycles. The normalized spacial score (nSPS) is 27.8. The van der Waals surface area contributed by atoms with Crippen molar-refractivity contribution < 1.29 is 8.78 Å². The number of benzene rings is 1. The summed E-state index contributed by atoms with van der Waals surface area (Å²) >= 11 is 0. The molecule has 1 aromatic rings.